The van der Waals surface area contributed by atoms with E-state index in [0.717, 1.165) is 17.7 Å². The second kappa shape index (κ2) is 6.54. The molecule has 0 bridgehead atoms. The Labute approximate surface area is 113 Å². The molecule has 0 heterocycles. The van der Waals surface area contributed by atoms with E-state index in [0.29, 0.717) is 12.6 Å². The van der Waals surface area contributed by atoms with Crippen LogP contribution >= 0.6 is 0 Å². The quantitative estimate of drug-likeness (QED) is 0.311. The first-order valence-electron chi connectivity index (χ1n) is 6.66. The monoisotopic (exact) mass is 263 g/mol. The molecule has 1 fully saturated rings. The van der Waals surface area contributed by atoms with Crippen LogP contribution in [0.2, 0.25) is 0 Å². The van der Waals surface area contributed by atoms with Crippen molar-refractivity contribution in [1.82, 2.24) is 4.90 Å². The Balaban J connectivity index is 2.07. The fraction of sp³-hybridized carbons (Fsp3) is 0.500. The molecule has 0 aromatic heterocycles. The Morgan fingerprint density at radius 2 is 2.21 bits per heavy atom. The van der Waals surface area contributed by atoms with Gasteiger partial charge in [0.25, 0.3) is 0 Å². The summed E-state index contributed by atoms with van der Waals surface area (Å²) in [6.07, 6.45) is 3.69. The lowest BCUT2D eigenvalue weighted by Gasteiger charge is -2.37. The van der Waals surface area contributed by atoms with E-state index in [1.807, 2.05) is 24.3 Å². The predicted octanol–water partition coefficient (Wildman–Crippen LogP) is 1.13. The molecule has 0 unspecified atom stereocenters. The zero-order valence-corrected chi connectivity index (χ0v) is 11.0. The van der Waals surface area contributed by atoms with E-state index in [1.54, 1.807) is 0 Å². The lowest BCUT2D eigenvalue weighted by molar-refractivity contribution is 0.0945. The number of aliphatic hydroxyl groups excluding tert-OH is 1. The molecule has 0 radical (unpaired) electrons. The first-order chi connectivity index (χ1) is 9.24. The van der Waals surface area contributed by atoms with Gasteiger partial charge in [-0.3, -0.25) is 4.90 Å². The molecule has 1 aromatic rings. The molecule has 1 aromatic carbocycles. The SMILES string of the molecule is N/C(=N/O)c1cccc(CN(CCO)C2CCC2)c1. The average Bonchev–Trinajstić information content (AvgIpc) is 2.36. The summed E-state index contributed by atoms with van der Waals surface area (Å²) in [6, 6.07) is 8.26. The van der Waals surface area contributed by atoms with Crippen LogP contribution in [0.5, 0.6) is 0 Å². The van der Waals surface area contributed by atoms with Crippen molar-refractivity contribution in [3.8, 4) is 0 Å². The molecule has 0 atom stereocenters. The van der Waals surface area contributed by atoms with Crippen LogP contribution in [0, 0.1) is 0 Å². The summed E-state index contributed by atoms with van der Waals surface area (Å²) in [5, 5.41) is 20.9. The number of oxime groups is 1. The van der Waals surface area contributed by atoms with Crippen molar-refractivity contribution in [3.63, 3.8) is 0 Å². The number of nitrogens with two attached hydrogens (primary N) is 1. The first kappa shape index (κ1) is 13.8. The number of nitrogens with zero attached hydrogens (tertiary/aromatic N) is 2. The van der Waals surface area contributed by atoms with Crippen LogP contribution < -0.4 is 5.73 Å². The molecule has 1 saturated carbocycles. The van der Waals surface area contributed by atoms with Crippen molar-refractivity contribution in [2.75, 3.05) is 13.2 Å². The van der Waals surface area contributed by atoms with Gasteiger partial charge in [0.2, 0.25) is 0 Å². The Hall–Kier alpha value is -1.59. The molecule has 19 heavy (non-hydrogen) atoms. The smallest absolute Gasteiger partial charge is 0.170 e. The number of benzene rings is 1. The topological polar surface area (TPSA) is 82.1 Å². The van der Waals surface area contributed by atoms with Crippen molar-refractivity contribution in [2.45, 2.75) is 31.8 Å². The van der Waals surface area contributed by atoms with E-state index in [1.165, 1.54) is 19.3 Å². The third-order valence-electron chi connectivity index (χ3n) is 3.69. The third-order valence-corrected chi connectivity index (χ3v) is 3.69. The molecule has 0 saturated heterocycles. The van der Waals surface area contributed by atoms with Crippen LogP contribution in [0.1, 0.15) is 30.4 Å². The van der Waals surface area contributed by atoms with Crippen LogP contribution in [-0.4, -0.2) is 40.2 Å². The normalized spacial score (nSPS) is 16.6. The van der Waals surface area contributed by atoms with E-state index in [4.69, 9.17) is 16.0 Å². The maximum absolute atomic E-state index is 9.15. The summed E-state index contributed by atoms with van der Waals surface area (Å²) in [7, 11) is 0. The van der Waals surface area contributed by atoms with Gasteiger partial charge in [0, 0.05) is 24.7 Å². The fourth-order valence-corrected chi connectivity index (χ4v) is 2.39. The summed E-state index contributed by atoms with van der Waals surface area (Å²) < 4.78 is 0. The first-order valence-corrected chi connectivity index (χ1v) is 6.66. The van der Waals surface area contributed by atoms with E-state index < -0.39 is 0 Å². The standard InChI is InChI=1S/C14H21N3O2/c15-14(16-19)12-4-1-3-11(9-12)10-17(7-8-18)13-5-2-6-13/h1,3-4,9,13,18-19H,2,5-8,10H2,(H2,15,16). The molecular formula is C14H21N3O2. The highest BCUT2D eigenvalue weighted by atomic mass is 16.4. The van der Waals surface area contributed by atoms with Crippen LogP contribution in [0.3, 0.4) is 0 Å². The van der Waals surface area contributed by atoms with Gasteiger partial charge in [0.05, 0.1) is 6.61 Å². The van der Waals surface area contributed by atoms with Crippen molar-refractivity contribution >= 4 is 5.84 Å². The molecule has 1 aliphatic carbocycles. The average molecular weight is 263 g/mol. The molecule has 5 nitrogen and oxygen atoms in total. The van der Waals surface area contributed by atoms with Crippen LogP contribution in [0.4, 0.5) is 0 Å². The van der Waals surface area contributed by atoms with E-state index in [2.05, 4.69) is 10.1 Å². The van der Waals surface area contributed by atoms with E-state index in [-0.39, 0.29) is 12.4 Å². The van der Waals surface area contributed by atoms with Gasteiger partial charge < -0.3 is 16.0 Å². The second-order valence-electron chi connectivity index (χ2n) is 4.96. The summed E-state index contributed by atoms with van der Waals surface area (Å²) in [6.45, 7) is 1.66. The number of hydrogen-bond acceptors (Lipinski definition) is 4. The van der Waals surface area contributed by atoms with Gasteiger partial charge in [-0.1, -0.05) is 29.8 Å². The van der Waals surface area contributed by atoms with E-state index >= 15 is 0 Å². The zero-order valence-electron chi connectivity index (χ0n) is 11.0. The second-order valence-corrected chi connectivity index (χ2v) is 4.96. The van der Waals surface area contributed by atoms with Crippen molar-refractivity contribution in [3.05, 3.63) is 35.4 Å². The Morgan fingerprint density at radius 1 is 1.42 bits per heavy atom. The molecule has 0 amide bonds. The molecule has 0 aliphatic heterocycles. The minimum absolute atomic E-state index is 0.124. The minimum atomic E-state index is 0.124. The molecule has 2 rings (SSSR count). The number of amidine groups is 1. The minimum Gasteiger partial charge on any atom is -0.409 e. The number of rotatable bonds is 6. The number of aliphatic hydroxyl groups is 1. The van der Waals surface area contributed by atoms with E-state index in [9.17, 15) is 0 Å². The van der Waals surface area contributed by atoms with Gasteiger partial charge in [0.15, 0.2) is 5.84 Å². The maximum atomic E-state index is 9.15. The highest BCUT2D eigenvalue weighted by molar-refractivity contribution is 5.97. The molecule has 0 spiro atoms. The van der Waals surface area contributed by atoms with Gasteiger partial charge in [-0.15, -0.1) is 0 Å². The predicted molar refractivity (Wildman–Crippen MR) is 74.1 cm³/mol. The Kier molecular flexibility index (Phi) is 4.76. The number of hydrogen-bond donors (Lipinski definition) is 3. The summed E-state index contributed by atoms with van der Waals surface area (Å²) >= 11 is 0. The lowest BCUT2D eigenvalue weighted by Crippen LogP contribution is -2.41. The van der Waals surface area contributed by atoms with Crippen LogP contribution in [-0.2, 0) is 6.54 Å². The van der Waals surface area contributed by atoms with Gasteiger partial charge in [-0.2, -0.15) is 0 Å². The van der Waals surface area contributed by atoms with Crippen LogP contribution in [0.25, 0.3) is 0 Å². The zero-order chi connectivity index (χ0) is 13.7. The van der Waals surface area contributed by atoms with Gasteiger partial charge in [0.1, 0.15) is 0 Å². The highest BCUT2D eigenvalue weighted by Crippen LogP contribution is 2.26. The summed E-state index contributed by atoms with van der Waals surface area (Å²) in [5.41, 5.74) is 7.43. The van der Waals surface area contributed by atoms with Gasteiger partial charge >= 0.3 is 0 Å². The Morgan fingerprint density at radius 3 is 2.79 bits per heavy atom. The molecular weight excluding hydrogens is 242 g/mol. The molecule has 4 N–H and O–H groups in total. The van der Waals surface area contributed by atoms with Gasteiger partial charge in [-0.25, -0.2) is 0 Å². The van der Waals surface area contributed by atoms with Crippen molar-refractivity contribution < 1.29 is 10.3 Å². The molecule has 5 heteroatoms. The lowest BCUT2D eigenvalue weighted by atomic mass is 9.91. The fourth-order valence-electron chi connectivity index (χ4n) is 2.39. The molecule has 104 valence electrons. The third kappa shape index (κ3) is 3.45. The van der Waals surface area contributed by atoms with Crippen molar-refractivity contribution in [2.24, 2.45) is 10.9 Å². The highest BCUT2D eigenvalue weighted by Gasteiger charge is 2.24. The Bertz CT molecular complexity index is 444. The largest absolute Gasteiger partial charge is 0.409 e. The van der Waals surface area contributed by atoms with Crippen LogP contribution in [0.15, 0.2) is 29.4 Å². The van der Waals surface area contributed by atoms with Gasteiger partial charge in [-0.05, 0) is 24.5 Å². The molecule has 1 aliphatic rings. The summed E-state index contributed by atoms with van der Waals surface area (Å²) in [4.78, 5) is 2.30. The summed E-state index contributed by atoms with van der Waals surface area (Å²) in [5.74, 6) is 0.124. The maximum Gasteiger partial charge on any atom is 0.170 e. The van der Waals surface area contributed by atoms with Crippen molar-refractivity contribution in [1.29, 1.82) is 0 Å².